The van der Waals surface area contributed by atoms with Gasteiger partial charge in [0.1, 0.15) is 5.75 Å². The minimum Gasteiger partial charge on any atom is -0.495 e. The van der Waals surface area contributed by atoms with Gasteiger partial charge in [-0.15, -0.1) is 6.58 Å². The number of pyridine rings is 1. The Morgan fingerprint density at radius 1 is 1.10 bits per heavy atom. The third-order valence-corrected chi connectivity index (χ3v) is 5.74. The summed E-state index contributed by atoms with van der Waals surface area (Å²) in [6, 6.07) is 12.1. The number of hydrogen-bond donors (Lipinski definition) is 0. The lowest BCUT2D eigenvalue weighted by Gasteiger charge is -2.36. The maximum Gasteiger partial charge on any atom is 0.199 e. The van der Waals surface area contributed by atoms with Crippen molar-refractivity contribution in [1.29, 1.82) is 0 Å². The number of methoxy groups -OCH3 is 1. The number of para-hydroxylation sites is 2. The van der Waals surface area contributed by atoms with Crippen molar-refractivity contribution in [2.45, 2.75) is 13.2 Å². The van der Waals surface area contributed by atoms with Crippen LogP contribution in [0.15, 0.2) is 61.4 Å². The molecule has 156 valence electrons. The fourth-order valence-corrected chi connectivity index (χ4v) is 4.01. The van der Waals surface area contributed by atoms with Crippen LogP contribution in [0.5, 0.6) is 5.75 Å². The van der Waals surface area contributed by atoms with Gasteiger partial charge in [-0.05, 0) is 36.5 Å². The van der Waals surface area contributed by atoms with Crippen LogP contribution < -0.4 is 9.64 Å². The Bertz CT molecular complexity index is 1050. The monoisotopic (exact) mass is 422 g/mol. The van der Waals surface area contributed by atoms with Crippen LogP contribution in [0.3, 0.4) is 0 Å². The summed E-state index contributed by atoms with van der Waals surface area (Å²) in [4.78, 5) is 8.85. The zero-order valence-corrected chi connectivity index (χ0v) is 18.0. The quantitative estimate of drug-likeness (QED) is 0.429. The molecule has 1 aromatic carbocycles. The maximum absolute atomic E-state index is 5.73. The van der Waals surface area contributed by atoms with Crippen molar-refractivity contribution in [3.63, 3.8) is 0 Å². The number of hydrogen-bond acceptors (Lipinski definition) is 6. The van der Waals surface area contributed by atoms with Gasteiger partial charge in [-0.2, -0.15) is 5.10 Å². The second kappa shape index (κ2) is 9.23. The number of anilines is 1. The van der Waals surface area contributed by atoms with Crippen molar-refractivity contribution in [2.75, 3.05) is 38.2 Å². The SMILES string of the molecule is C=CCn1c(-c2ccncc2)nn(CN2CCN(c3ccccc3OC)CC2)c1=S. The first-order valence-corrected chi connectivity index (χ1v) is 10.4. The molecule has 0 spiro atoms. The Morgan fingerprint density at radius 3 is 2.53 bits per heavy atom. The molecule has 2 aromatic heterocycles. The first-order valence-electron chi connectivity index (χ1n) is 10.0. The molecule has 3 aromatic rings. The first-order chi connectivity index (χ1) is 14.7. The Hall–Kier alpha value is -2.97. The normalized spacial score (nSPS) is 14.6. The van der Waals surface area contributed by atoms with E-state index < -0.39 is 0 Å². The lowest BCUT2D eigenvalue weighted by molar-refractivity contribution is 0.194. The van der Waals surface area contributed by atoms with Gasteiger partial charge in [0.05, 0.1) is 19.5 Å². The van der Waals surface area contributed by atoms with E-state index in [2.05, 4.69) is 33.5 Å². The van der Waals surface area contributed by atoms with Crippen LogP contribution >= 0.6 is 12.2 Å². The highest BCUT2D eigenvalue weighted by molar-refractivity contribution is 7.71. The number of rotatable bonds is 7. The van der Waals surface area contributed by atoms with Crippen LogP contribution in [-0.2, 0) is 13.2 Å². The molecule has 0 unspecified atom stereocenters. The molecule has 0 saturated carbocycles. The van der Waals surface area contributed by atoms with Crippen LogP contribution in [0.25, 0.3) is 11.4 Å². The van der Waals surface area contributed by atoms with E-state index in [0.29, 0.717) is 18.0 Å². The molecule has 3 heterocycles. The zero-order valence-electron chi connectivity index (χ0n) is 17.1. The van der Waals surface area contributed by atoms with Gasteiger partial charge in [0.15, 0.2) is 10.6 Å². The summed E-state index contributed by atoms with van der Waals surface area (Å²) in [5.41, 5.74) is 2.14. The average molecular weight is 423 g/mol. The average Bonchev–Trinajstić information content (AvgIpc) is 3.10. The molecular weight excluding hydrogens is 396 g/mol. The van der Waals surface area contributed by atoms with Gasteiger partial charge in [-0.25, -0.2) is 4.68 Å². The van der Waals surface area contributed by atoms with Gasteiger partial charge in [-0.3, -0.25) is 14.5 Å². The highest BCUT2D eigenvalue weighted by Gasteiger charge is 2.21. The summed E-state index contributed by atoms with van der Waals surface area (Å²) in [6.45, 7) is 8.87. The first kappa shape index (κ1) is 20.3. The Morgan fingerprint density at radius 2 is 1.83 bits per heavy atom. The second-order valence-corrected chi connectivity index (χ2v) is 7.52. The van der Waals surface area contributed by atoms with Crippen molar-refractivity contribution < 1.29 is 4.74 Å². The highest BCUT2D eigenvalue weighted by atomic mass is 32.1. The molecule has 4 rings (SSSR count). The van der Waals surface area contributed by atoms with Crippen LogP contribution in [0.1, 0.15) is 0 Å². The van der Waals surface area contributed by atoms with Crippen molar-refractivity contribution in [1.82, 2.24) is 24.2 Å². The molecular formula is C22H26N6OS. The van der Waals surface area contributed by atoms with E-state index in [1.54, 1.807) is 19.5 Å². The topological polar surface area (TPSA) is 51.4 Å². The molecule has 1 saturated heterocycles. The molecule has 0 radical (unpaired) electrons. The van der Waals surface area contributed by atoms with E-state index in [-0.39, 0.29) is 0 Å². The van der Waals surface area contributed by atoms with E-state index in [0.717, 1.165) is 49.0 Å². The zero-order chi connectivity index (χ0) is 20.9. The van der Waals surface area contributed by atoms with Crippen molar-refractivity contribution >= 4 is 17.9 Å². The van der Waals surface area contributed by atoms with E-state index in [9.17, 15) is 0 Å². The number of nitrogens with zero attached hydrogens (tertiary/aromatic N) is 6. The lowest BCUT2D eigenvalue weighted by atomic mass is 10.2. The molecule has 1 aliphatic rings. The summed E-state index contributed by atoms with van der Waals surface area (Å²) in [5.74, 6) is 1.76. The van der Waals surface area contributed by atoms with Crippen LogP contribution in [0.4, 0.5) is 5.69 Å². The van der Waals surface area contributed by atoms with Crippen LogP contribution in [0, 0.1) is 4.77 Å². The fourth-order valence-electron chi connectivity index (χ4n) is 3.75. The van der Waals surface area contributed by atoms with Gasteiger partial charge in [0, 0.05) is 50.7 Å². The highest BCUT2D eigenvalue weighted by Crippen LogP contribution is 2.28. The minimum absolute atomic E-state index is 0.623. The molecule has 0 atom stereocenters. The van der Waals surface area contributed by atoms with Crippen LogP contribution in [-0.4, -0.2) is 57.5 Å². The second-order valence-electron chi connectivity index (χ2n) is 7.16. The van der Waals surface area contributed by atoms with Crippen molar-refractivity contribution in [3.05, 3.63) is 66.2 Å². The van der Waals surface area contributed by atoms with Crippen LogP contribution in [0.2, 0.25) is 0 Å². The third-order valence-electron chi connectivity index (χ3n) is 5.31. The molecule has 7 nitrogen and oxygen atoms in total. The Kier molecular flexibility index (Phi) is 6.25. The number of aromatic nitrogens is 4. The molecule has 8 heteroatoms. The largest absolute Gasteiger partial charge is 0.495 e. The smallest absolute Gasteiger partial charge is 0.199 e. The predicted molar refractivity (Wildman–Crippen MR) is 121 cm³/mol. The summed E-state index contributed by atoms with van der Waals surface area (Å²) in [6.07, 6.45) is 5.39. The van der Waals surface area contributed by atoms with E-state index in [1.807, 2.05) is 39.6 Å². The molecule has 1 aliphatic heterocycles. The van der Waals surface area contributed by atoms with Gasteiger partial charge in [-0.1, -0.05) is 18.2 Å². The van der Waals surface area contributed by atoms with Gasteiger partial charge >= 0.3 is 0 Å². The summed E-state index contributed by atoms with van der Waals surface area (Å²) >= 11 is 5.73. The number of piperazine rings is 1. The molecule has 0 N–H and O–H groups in total. The standard InChI is InChI=1S/C22H26N6OS/c1-3-12-27-21(18-8-10-23-11-9-18)24-28(22(27)30)17-25-13-15-26(16-14-25)19-6-4-5-7-20(19)29-2/h3-11H,1,12-17H2,2H3. The van der Waals surface area contributed by atoms with Gasteiger partial charge in [0.2, 0.25) is 0 Å². The predicted octanol–water partition coefficient (Wildman–Crippen LogP) is 3.45. The van der Waals surface area contributed by atoms with E-state index in [1.165, 1.54) is 0 Å². The molecule has 0 amide bonds. The number of ether oxygens (including phenoxy) is 1. The third kappa shape index (κ3) is 4.15. The summed E-state index contributed by atoms with van der Waals surface area (Å²) in [5, 5.41) is 4.82. The van der Waals surface area contributed by atoms with Crippen molar-refractivity contribution in [2.24, 2.45) is 0 Å². The van der Waals surface area contributed by atoms with Gasteiger partial charge < -0.3 is 9.64 Å². The number of benzene rings is 1. The maximum atomic E-state index is 5.73. The van der Waals surface area contributed by atoms with E-state index in [4.69, 9.17) is 22.1 Å². The Labute approximate surface area is 181 Å². The molecule has 0 bridgehead atoms. The van der Waals surface area contributed by atoms with E-state index >= 15 is 0 Å². The minimum atomic E-state index is 0.623. The molecule has 30 heavy (non-hydrogen) atoms. The lowest BCUT2D eigenvalue weighted by Crippen LogP contribution is -2.47. The number of allylic oxidation sites excluding steroid dienone is 1. The summed E-state index contributed by atoms with van der Waals surface area (Å²) in [7, 11) is 1.72. The van der Waals surface area contributed by atoms with Crippen molar-refractivity contribution in [3.8, 4) is 17.1 Å². The van der Waals surface area contributed by atoms with Gasteiger partial charge in [0.25, 0.3) is 0 Å². The fraction of sp³-hybridized carbons (Fsp3) is 0.318. The summed E-state index contributed by atoms with van der Waals surface area (Å²) < 4.78 is 10.1. The Balaban J connectivity index is 1.49. The molecule has 1 fully saturated rings. The molecule has 0 aliphatic carbocycles.